The van der Waals surface area contributed by atoms with E-state index in [1.54, 1.807) is 13.0 Å². The van der Waals surface area contributed by atoms with Gasteiger partial charge in [-0.3, -0.25) is 4.79 Å². The summed E-state index contributed by atoms with van der Waals surface area (Å²) in [6, 6.07) is 2.86. The Hall–Kier alpha value is -1.65. The van der Waals surface area contributed by atoms with Gasteiger partial charge in [0.25, 0.3) is 0 Å². The number of carbonyl (C=O) groups excluding carboxylic acids is 1. The number of aromatic nitrogens is 1. The summed E-state index contributed by atoms with van der Waals surface area (Å²) in [6.07, 6.45) is 3.48. The minimum atomic E-state index is -0.556. The summed E-state index contributed by atoms with van der Waals surface area (Å²) in [7, 11) is 0. The number of halogens is 1. The van der Waals surface area contributed by atoms with Crippen LogP contribution in [0.5, 0.6) is 0 Å². The van der Waals surface area contributed by atoms with Gasteiger partial charge < -0.3 is 10.6 Å². The fraction of sp³-hybridized carbons (Fsp3) is 0.455. The van der Waals surface area contributed by atoms with Gasteiger partial charge in [-0.05, 0) is 25.8 Å². The lowest BCUT2D eigenvalue weighted by molar-refractivity contribution is -0.121. The number of hydrogen-bond acceptors (Lipinski definition) is 3. The van der Waals surface area contributed by atoms with E-state index in [0.717, 1.165) is 12.8 Å². The first-order valence-electron chi connectivity index (χ1n) is 5.33. The fourth-order valence-electron chi connectivity index (χ4n) is 1.36. The Kier molecular flexibility index (Phi) is 3.03. The Morgan fingerprint density at radius 1 is 1.62 bits per heavy atom. The summed E-state index contributed by atoms with van der Waals surface area (Å²) >= 11 is 0. The standard InChI is InChI=1S/C11H14FN3O/c1-7(11(16)15-8-2-3-8)14-9-4-5-13-10(12)6-9/h4-8H,2-3H2,1H3,(H,13,14)(H,15,16). The van der Waals surface area contributed by atoms with Gasteiger partial charge in [-0.25, -0.2) is 4.98 Å². The van der Waals surface area contributed by atoms with Crippen LogP contribution in [0.2, 0.25) is 0 Å². The molecule has 1 aromatic rings. The summed E-state index contributed by atoms with van der Waals surface area (Å²) in [5.74, 6) is -0.612. The van der Waals surface area contributed by atoms with Gasteiger partial charge in [0, 0.05) is 24.0 Å². The van der Waals surface area contributed by atoms with Crippen molar-refractivity contribution in [3.63, 3.8) is 0 Å². The molecular weight excluding hydrogens is 209 g/mol. The molecule has 86 valence electrons. The Morgan fingerprint density at radius 2 is 2.38 bits per heavy atom. The van der Waals surface area contributed by atoms with Crippen molar-refractivity contribution in [1.29, 1.82) is 0 Å². The molecular formula is C11H14FN3O. The van der Waals surface area contributed by atoms with E-state index in [0.29, 0.717) is 11.7 Å². The summed E-state index contributed by atoms with van der Waals surface area (Å²) in [6.45, 7) is 1.75. The molecule has 1 fully saturated rings. The van der Waals surface area contributed by atoms with Gasteiger partial charge in [0.05, 0.1) is 0 Å². The second-order valence-electron chi connectivity index (χ2n) is 4.02. The molecule has 0 spiro atoms. The maximum Gasteiger partial charge on any atom is 0.242 e. The number of pyridine rings is 1. The zero-order valence-corrected chi connectivity index (χ0v) is 9.03. The molecule has 1 aromatic heterocycles. The van der Waals surface area contributed by atoms with Gasteiger partial charge in [0.2, 0.25) is 11.9 Å². The third-order valence-electron chi connectivity index (χ3n) is 2.43. The highest BCUT2D eigenvalue weighted by molar-refractivity contribution is 5.84. The van der Waals surface area contributed by atoms with Crippen molar-refractivity contribution in [2.45, 2.75) is 31.8 Å². The summed E-state index contributed by atoms with van der Waals surface area (Å²) in [5, 5.41) is 5.80. The highest BCUT2D eigenvalue weighted by atomic mass is 19.1. The molecule has 1 unspecified atom stereocenters. The SMILES string of the molecule is CC(Nc1ccnc(F)c1)C(=O)NC1CC1. The molecule has 16 heavy (non-hydrogen) atoms. The summed E-state index contributed by atoms with van der Waals surface area (Å²) in [5.41, 5.74) is 0.561. The fourth-order valence-corrected chi connectivity index (χ4v) is 1.36. The number of rotatable bonds is 4. The highest BCUT2D eigenvalue weighted by Gasteiger charge is 2.25. The van der Waals surface area contributed by atoms with E-state index >= 15 is 0 Å². The normalized spacial score (nSPS) is 16.6. The third-order valence-corrected chi connectivity index (χ3v) is 2.43. The molecule has 2 N–H and O–H groups in total. The first kappa shape index (κ1) is 10.9. The van der Waals surface area contributed by atoms with E-state index in [2.05, 4.69) is 15.6 Å². The van der Waals surface area contributed by atoms with Crippen molar-refractivity contribution in [3.05, 3.63) is 24.3 Å². The van der Waals surface area contributed by atoms with Crippen molar-refractivity contribution >= 4 is 11.6 Å². The zero-order chi connectivity index (χ0) is 11.5. The van der Waals surface area contributed by atoms with Crippen molar-refractivity contribution in [2.24, 2.45) is 0 Å². The van der Waals surface area contributed by atoms with Crippen molar-refractivity contribution in [1.82, 2.24) is 10.3 Å². The van der Waals surface area contributed by atoms with Crippen molar-refractivity contribution in [2.75, 3.05) is 5.32 Å². The lowest BCUT2D eigenvalue weighted by Gasteiger charge is -2.14. The van der Waals surface area contributed by atoms with E-state index in [1.807, 2.05) is 0 Å². The van der Waals surface area contributed by atoms with E-state index in [4.69, 9.17) is 0 Å². The second-order valence-corrected chi connectivity index (χ2v) is 4.02. The molecule has 0 aromatic carbocycles. The van der Waals surface area contributed by atoms with Crippen LogP contribution in [-0.4, -0.2) is 23.0 Å². The smallest absolute Gasteiger partial charge is 0.242 e. The number of nitrogens with zero attached hydrogens (tertiary/aromatic N) is 1. The molecule has 1 aliphatic rings. The van der Waals surface area contributed by atoms with E-state index in [-0.39, 0.29) is 11.9 Å². The average Bonchev–Trinajstić information content (AvgIpc) is 3.01. The van der Waals surface area contributed by atoms with Crippen LogP contribution in [0.3, 0.4) is 0 Å². The average molecular weight is 223 g/mol. The first-order valence-corrected chi connectivity index (χ1v) is 5.33. The molecule has 1 atom stereocenters. The Labute approximate surface area is 93.3 Å². The minimum Gasteiger partial charge on any atom is -0.374 e. The van der Waals surface area contributed by atoms with Crippen LogP contribution in [-0.2, 0) is 4.79 Å². The van der Waals surface area contributed by atoms with E-state index in [9.17, 15) is 9.18 Å². The Balaban J connectivity index is 1.90. The van der Waals surface area contributed by atoms with Crippen LogP contribution in [0.25, 0.3) is 0 Å². The topological polar surface area (TPSA) is 54.0 Å². The van der Waals surface area contributed by atoms with Gasteiger partial charge in [-0.1, -0.05) is 0 Å². The quantitative estimate of drug-likeness (QED) is 0.756. The predicted octanol–water partition coefficient (Wildman–Crippen LogP) is 1.30. The molecule has 0 bridgehead atoms. The largest absolute Gasteiger partial charge is 0.374 e. The Morgan fingerprint density at radius 3 is 3.00 bits per heavy atom. The van der Waals surface area contributed by atoms with Crippen LogP contribution in [0.1, 0.15) is 19.8 Å². The molecule has 5 heteroatoms. The van der Waals surface area contributed by atoms with Gasteiger partial charge in [-0.2, -0.15) is 4.39 Å². The van der Waals surface area contributed by atoms with Crippen LogP contribution in [0.4, 0.5) is 10.1 Å². The van der Waals surface area contributed by atoms with Gasteiger partial charge in [0.1, 0.15) is 6.04 Å². The first-order chi connectivity index (χ1) is 7.65. The molecule has 1 aliphatic carbocycles. The highest BCUT2D eigenvalue weighted by Crippen LogP contribution is 2.19. The lowest BCUT2D eigenvalue weighted by atomic mass is 10.3. The number of nitrogens with one attached hydrogen (secondary N) is 2. The monoisotopic (exact) mass is 223 g/mol. The summed E-state index contributed by atoms with van der Waals surface area (Å²) in [4.78, 5) is 15.0. The second kappa shape index (κ2) is 4.47. The zero-order valence-electron chi connectivity index (χ0n) is 9.03. The van der Waals surface area contributed by atoms with Crippen LogP contribution in [0.15, 0.2) is 18.3 Å². The van der Waals surface area contributed by atoms with Gasteiger partial charge in [0.15, 0.2) is 0 Å². The molecule has 4 nitrogen and oxygen atoms in total. The minimum absolute atomic E-state index is 0.0558. The van der Waals surface area contributed by atoms with E-state index < -0.39 is 5.95 Å². The number of amides is 1. The van der Waals surface area contributed by atoms with Crippen LogP contribution < -0.4 is 10.6 Å². The molecule has 2 rings (SSSR count). The maximum absolute atomic E-state index is 12.8. The van der Waals surface area contributed by atoms with Gasteiger partial charge in [-0.15, -0.1) is 0 Å². The predicted molar refractivity (Wildman–Crippen MR) is 58.4 cm³/mol. The number of hydrogen-bond donors (Lipinski definition) is 2. The Bertz CT molecular complexity index is 393. The van der Waals surface area contributed by atoms with Crippen molar-refractivity contribution < 1.29 is 9.18 Å². The molecule has 1 heterocycles. The van der Waals surface area contributed by atoms with Crippen LogP contribution >= 0.6 is 0 Å². The number of anilines is 1. The molecule has 1 saturated carbocycles. The van der Waals surface area contributed by atoms with Crippen LogP contribution in [0, 0.1) is 5.95 Å². The van der Waals surface area contributed by atoms with Crippen molar-refractivity contribution in [3.8, 4) is 0 Å². The molecule has 0 aliphatic heterocycles. The molecule has 1 amide bonds. The van der Waals surface area contributed by atoms with E-state index in [1.165, 1.54) is 12.3 Å². The maximum atomic E-state index is 12.8. The molecule has 0 saturated heterocycles. The summed E-state index contributed by atoms with van der Waals surface area (Å²) < 4.78 is 12.8. The van der Waals surface area contributed by atoms with Gasteiger partial charge >= 0.3 is 0 Å². The third kappa shape index (κ3) is 2.92. The lowest BCUT2D eigenvalue weighted by Crippen LogP contribution is -2.38. The molecule has 0 radical (unpaired) electrons. The number of carbonyl (C=O) groups is 1.